The maximum atomic E-state index is 11.4. The maximum absolute atomic E-state index is 11.4. The average molecular weight is 249 g/mol. The van der Waals surface area contributed by atoms with Gasteiger partial charge in [-0.15, -0.1) is 0 Å². The number of esters is 1. The molecule has 0 aromatic heterocycles. The molecule has 0 saturated heterocycles. The lowest BCUT2D eigenvalue weighted by Gasteiger charge is -2.13. The minimum absolute atomic E-state index is 0.372. The quantitative estimate of drug-likeness (QED) is 0.523. The van der Waals surface area contributed by atoms with Crippen molar-refractivity contribution in [1.29, 1.82) is 0 Å². The molecule has 0 bridgehead atoms. The molecule has 0 rings (SSSR count). The van der Waals surface area contributed by atoms with Gasteiger partial charge in [-0.3, -0.25) is 4.31 Å². The molecule has 0 atom stereocenters. The Kier molecular flexibility index (Phi) is 6.10. The first-order valence-corrected chi connectivity index (χ1v) is 6.89. The Labute approximate surface area is 97.1 Å². The number of methoxy groups -OCH3 is 1. The van der Waals surface area contributed by atoms with Crippen molar-refractivity contribution in [2.75, 3.05) is 20.4 Å². The van der Waals surface area contributed by atoms with Gasteiger partial charge in [-0.2, -0.15) is 0 Å². The molecule has 0 amide bonds. The predicted octanol–water partition coefficient (Wildman–Crippen LogP) is 1.12. The second-order valence-corrected chi connectivity index (χ2v) is 5.57. The predicted molar refractivity (Wildman–Crippen MR) is 62.2 cm³/mol. The normalized spacial score (nSPS) is 12.4. The number of rotatable bonds is 6. The summed E-state index contributed by atoms with van der Waals surface area (Å²) in [6.07, 6.45) is 4.66. The van der Waals surface area contributed by atoms with E-state index in [1.165, 1.54) is 20.4 Å². The van der Waals surface area contributed by atoms with Crippen LogP contribution in [-0.2, 0) is 19.6 Å². The van der Waals surface area contributed by atoms with Crippen molar-refractivity contribution in [3.8, 4) is 0 Å². The Morgan fingerprint density at radius 2 is 2.00 bits per heavy atom. The minimum Gasteiger partial charge on any atom is -0.466 e. The summed E-state index contributed by atoms with van der Waals surface area (Å²) < 4.78 is 28.0. The summed E-state index contributed by atoms with van der Waals surface area (Å²) in [5, 5.41) is 0. The third-order valence-electron chi connectivity index (χ3n) is 2.11. The van der Waals surface area contributed by atoms with Crippen molar-refractivity contribution in [3.63, 3.8) is 0 Å². The van der Waals surface area contributed by atoms with E-state index in [9.17, 15) is 13.2 Å². The van der Waals surface area contributed by atoms with Crippen molar-refractivity contribution in [2.24, 2.45) is 0 Å². The van der Waals surface area contributed by atoms with Gasteiger partial charge < -0.3 is 4.74 Å². The summed E-state index contributed by atoms with van der Waals surface area (Å²) in [4.78, 5) is 11.4. The zero-order valence-corrected chi connectivity index (χ0v) is 11.0. The molecule has 0 fully saturated rings. The molecule has 0 unspecified atom stereocenters. The van der Waals surface area contributed by atoms with E-state index in [-0.39, 0.29) is 0 Å². The topological polar surface area (TPSA) is 63.7 Å². The maximum Gasteiger partial charge on any atom is 0.335 e. The van der Waals surface area contributed by atoms with Crippen LogP contribution in [0.15, 0.2) is 11.8 Å². The van der Waals surface area contributed by atoms with Crippen LogP contribution < -0.4 is 0 Å². The Balaban J connectivity index is 4.88. The summed E-state index contributed by atoms with van der Waals surface area (Å²) in [5.74, 6) is -0.482. The molecule has 0 aliphatic heterocycles. The second kappa shape index (κ2) is 6.52. The third kappa shape index (κ3) is 5.16. The average Bonchev–Trinajstić information content (AvgIpc) is 2.21. The summed E-state index contributed by atoms with van der Waals surface area (Å²) in [7, 11) is -0.642. The molecule has 6 heteroatoms. The van der Waals surface area contributed by atoms with Gasteiger partial charge in [0.25, 0.3) is 0 Å². The van der Waals surface area contributed by atoms with Crippen LogP contribution >= 0.6 is 0 Å². The van der Waals surface area contributed by atoms with Gasteiger partial charge in [-0.05, 0) is 12.8 Å². The van der Waals surface area contributed by atoms with E-state index in [1.807, 2.05) is 6.92 Å². The molecule has 0 radical (unpaired) electrons. The number of nitrogens with zero attached hydrogens (tertiary/aromatic N) is 1. The molecule has 0 aliphatic rings. The highest BCUT2D eigenvalue weighted by Gasteiger charge is 2.13. The summed E-state index contributed by atoms with van der Waals surface area (Å²) in [5.41, 5.74) is 0.372. The third-order valence-corrected chi connectivity index (χ3v) is 3.26. The van der Waals surface area contributed by atoms with Gasteiger partial charge in [0.05, 0.1) is 18.9 Å². The van der Waals surface area contributed by atoms with Gasteiger partial charge in [0.2, 0.25) is 10.0 Å². The smallest absolute Gasteiger partial charge is 0.335 e. The van der Waals surface area contributed by atoms with Crippen molar-refractivity contribution in [2.45, 2.75) is 26.2 Å². The van der Waals surface area contributed by atoms with Crippen molar-refractivity contribution < 1.29 is 17.9 Å². The Bertz CT molecular complexity index is 359. The highest BCUT2D eigenvalue weighted by Crippen LogP contribution is 2.11. The molecule has 0 spiro atoms. The Morgan fingerprint density at radius 1 is 1.44 bits per heavy atom. The fourth-order valence-electron chi connectivity index (χ4n) is 1.03. The fraction of sp³-hybridized carbons (Fsp3) is 0.700. The SMILES string of the molecule is CCCC/C(=C\N(C)S(C)(=O)=O)C(=O)OC. The van der Waals surface area contributed by atoms with Gasteiger partial charge in [-0.25, -0.2) is 13.2 Å². The first-order chi connectivity index (χ1) is 7.32. The van der Waals surface area contributed by atoms with Gasteiger partial charge >= 0.3 is 5.97 Å². The summed E-state index contributed by atoms with van der Waals surface area (Å²) >= 11 is 0. The standard InChI is InChI=1S/C10H19NO4S/c1-5-6-7-9(10(12)15-3)8-11(2)16(4,13)14/h8H,5-7H2,1-4H3/b9-8+. The molecule has 0 saturated carbocycles. The fourth-order valence-corrected chi connectivity index (χ4v) is 1.35. The summed E-state index contributed by atoms with van der Waals surface area (Å²) in [6, 6.07) is 0. The lowest BCUT2D eigenvalue weighted by Crippen LogP contribution is -2.21. The number of hydrogen-bond acceptors (Lipinski definition) is 4. The Morgan fingerprint density at radius 3 is 2.38 bits per heavy atom. The number of ether oxygens (including phenoxy) is 1. The number of hydrogen-bond donors (Lipinski definition) is 0. The van der Waals surface area contributed by atoms with E-state index >= 15 is 0 Å². The minimum atomic E-state index is -3.32. The molecule has 0 N–H and O–H groups in total. The van der Waals surface area contributed by atoms with Crippen LogP contribution in [0.1, 0.15) is 26.2 Å². The van der Waals surface area contributed by atoms with Crippen LogP contribution in [-0.4, -0.2) is 39.1 Å². The molecule has 0 aliphatic carbocycles. The van der Waals surface area contributed by atoms with Gasteiger partial charge in [0, 0.05) is 13.2 Å². The van der Waals surface area contributed by atoms with Crippen molar-refractivity contribution in [3.05, 3.63) is 11.8 Å². The molecule has 0 aromatic carbocycles. The van der Waals surface area contributed by atoms with Crippen molar-refractivity contribution in [1.82, 2.24) is 4.31 Å². The molecule has 94 valence electrons. The first-order valence-electron chi connectivity index (χ1n) is 5.05. The highest BCUT2D eigenvalue weighted by atomic mass is 32.2. The number of carbonyl (C=O) groups is 1. The van der Waals surface area contributed by atoms with Crippen LogP contribution in [0.5, 0.6) is 0 Å². The van der Waals surface area contributed by atoms with E-state index < -0.39 is 16.0 Å². The van der Waals surface area contributed by atoms with E-state index in [0.717, 1.165) is 23.4 Å². The lowest BCUT2D eigenvalue weighted by atomic mass is 10.1. The van der Waals surface area contributed by atoms with Crippen molar-refractivity contribution >= 4 is 16.0 Å². The van der Waals surface area contributed by atoms with E-state index in [1.54, 1.807) is 0 Å². The largest absolute Gasteiger partial charge is 0.466 e. The van der Waals surface area contributed by atoms with Crippen LogP contribution in [0.4, 0.5) is 0 Å². The number of sulfonamides is 1. The molecule has 0 heterocycles. The molecular weight excluding hydrogens is 230 g/mol. The van der Waals surface area contributed by atoms with Crippen LogP contribution in [0.3, 0.4) is 0 Å². The molecular formula is C10H19NO4S. The first kappa shape index (κ1) is 15.0. The van der Waals surface area contributed by atoms with Crippen LogP contribution in [0.25, 0.3) is 0 Å². The molecule has 16 heavy (non-hydrogen) atoms. The zero-order chi connectivity index (χ0) is 12.8. The number of unbranched alkanes of at least 4 members (excludes halogenated alkanes) is 1. The Hall–Kier alpha value is -1.04. The van der Waals surface area contributed by atoms with Gasteiger partial charge in [0.1, 0.15) is 0 Å². The van der Waals surface area contributed by atoms with Crippen LogP contribution in [0.2, 0.25) is 0 Å². The monoisotopic (exact) mass is 249 g/mol. The highest BCUT2D eigenvalue weighted by molar-refractivity contribution is 7.88. The zero-order valence-electron chi connectivity index (χ0n) is 10.2. The lowest BCUT2D eigenvalue weighted by molar-refractivity contribution is -0.136. The van der Waals surface area contributed by atoms with E-state index in [2.05, 4.69) is 4.74 Å². The van der Waals surface area contributed by atoms with Gasteiger partial charge in [-0.1, -0.05) is 13.3 Å². The summed E-state index contributed by atoms with van der Waals surface area (Å²) in [6.45, 7) is 2.00. The van der Waals surface area contributed by atoms with E-state index in [4.69, 9.17) is 0 Å². The second-order valence-electron chi connectivity index (χ2n) is 3.53. The molecule has 5 nitrogen and oxygen atoms in total. The van der Waals surface area contributed by atoms with E-state index in [0.29, 0.717) is 12.0 Å². The van der Waals surface area contributed by atoms with Gasteiger partial charge in [0.15, 0.2) is 0 Å². The molecule has 0 aromatic rings. The number of carbonyl (C=O) groups excluding carboxylic acids is 1. The van der Waals surface area contributed by atoms with Crippen LogP contribution in [0, 0.1) is 0 Å².